The summed E-state index contributed by atoms with van der Waals surface area (Å²) in [5, 5.41) is 1.71. The molecule has 0 bridgehead atoms. The zero-order chi connectivity index (χ0) is 22.2. The number of rotatable bonds is 4. The summed E-state index contributed by atoms with van der Waals surface area (Å²) in [4.78, 5) is 15.1. The topological polar surface area (TPSA) is 38.8 Å². The summed E-state index contributed by atoms with van der Waals surface area (Å²) < 4.78 is 12.0. The van der Waals surface area contributed by atoms with Crippen molar-refractivity contribution in [2.75, 3.05) is 13.3 Å². The van der Waals surface area contributed by atoms with Gasteiger partial charge < -0.3 is 9.47 Å². The predicted molar refractivity (Wildman–Crippen MR) is 127 cm³/mol. The summed E-state index contributed by atoms with van der Waals surface area (Å²) in [5.41, 5.74) is 3.28. The van der Waals surface area contributed by atoms with Crippen LogP contribution in [-0.2, 0) is 13.0 Å². The minimum Gasteiger partial charge on any atom is -0.478 e. The van der Waals surface area contributed by atoms with E-state index in [0.29, 0.717) is 40.2 Å². The Kier molecular flexibility index (Phi) is 5.87. The van der Waals surface area contributed by atoms with E-state index in [4.69, 9.17) is 44.3 Å². The van der Waals surface area contributed by atoms with E-state index >= 15 is 0 Å². The molecule has 0 saturated heterocycles. The molecule has 162 valence electrons. The molecular formula is C25H18Cl3NO3. The van der Waals surface area contributed by atoms with Gasteiger partial charge in [0.1, 0.15) is 18.2 Å². The average molecular weight is 487 g/mol. The van der Waals surface area contributed by atoms with Crippen LogP contribution >= 0.6 is 34.8 Å². The second-order valence-corrected chi connectivity index (χ2v) is 9.01. The fourth-order valence-electron chi connectivity index (χ4n) is 3.85. The summed E-state index contributed by atoms with van der Waals surface area (Å²) >= 11 is 18.2. The smallest absolute Gasteiger partial charge is 0.231 e. The molecular weight excluding hydrogens is 469 g/mol. The molecule has 5 rings (SSSR count). The third-order valence-corrected chi connectivity index (χ3v) is 6.38. The fourth-order valence-corrected chi connectivity index (χ4v) is 4.43. The number of halogens is 3. The molecule has 0 unspecified atom stereocenters. The van der Waals surface area contributed by atoms with Crippen LogP contribution in [-0.4, -0.2) is 24.0 Å². The van der Waals surface area contributed by atoms with Crippen molar-refractivity contribution in [2.45, 2.75) is 13.0 Å². The minimum absolute atomic E-state index is 0.174. The van der Waals surface area contributed by atoms with E-state index in [-0.39, 0.29) is 11.5 Å². The first-order valence-electron chi connectivity index (χ1n) is 10.1. The molecule has 7 heteroatoms. The van der Waals surface area contributed by atoms with Crippen LogP contribution in [0.5, 0.6) is 11.5 Å². The molecule has 0 spiro atoms. The Morgan fingerprint density at radius 2 is 1.75 bits per heavy atom. The molecule has 2 aliphatic heterocycles. The molecule has 0 fully saturated rings. The fraction of sp³-hybridized carbons (Fsp3) is 0.160. The van der Waals surface area contributed by atoms with Crippen molar-refractivity contribution in [1.82, 2.24) is 4.90 Å². The van der Waals surface area contributed by atoms with Gasteiger partial charge in [0.25, 0.3) is 0 Å². The Labute approximate surface area is 200 Å². The van der Waals surface area contributed by atoms with Crippen LogP contribution in [0.3, 0.4) is 0 Å². The first-order chi connectivity index (χ1) is 15.5. The highest BCUT2D eigenvalue weighted by atomic mass is 35.5. The summed E-state index contributed by atoms with van der Waals surface area (Å²) in [7, 11) is 0. The van der Waals surface area contributed by atoms with Crippen molar-refractivity contribution in [3.05, 3.63) is 97.7 Å². The zero-order valence-corrected chi connectivity index (χ0v) is 19.2. The molecule has 4 nitrogen and oxygen atoms in total. The molecule has 2 aliphatic rings. The van der Waals surface area contributed by atoms with E-state index in [0.717, 1.165) is 29.3 Å². The first kappa shape index (κ1) is 21.4. The van der Waals surface area contributed by atoms with Gasteiger partial charge in [0.05, 0.1) is 11.1 Å². The number of fused-ring (bicyclic) bond motifs is 3. The highest BCUT2D eigenvalue weighted by Crippen LogP contribution is 2.42. The Bertz CT molecular complexity index is 1240. The number of ketones is 1. The number of carbonyl (C=O) groups is 1. The number of Topliss-reactive ketones (excluding diaryl/α,β-unsaturated/α-hetero) is 1. The van der Waals surface area contributed by atoms with E-state index in [9.17, 15) is 4.79 Å². The quantitative estimate of drug-likeness (QED) is 0.387. The lowest BCUT2D eigenvalue weighted by Crippen LogP contribution is -2.33. The largest absolute Gasteiger partial charge is 0.478 e. The zero-order valence-electron chi connectivity index (χ0n) is 16.9. The van der Waals surface area contributed by atoms with Gasteiger partial charge >= 0.3 is 0 Å². The van der Waals surface area contributed by atoms with Crippen LogP contribution in [0, 0.1) is 0 Å². The molecule has 2 heterocycles. The molecule has 0 aromatic heterocycles. The van der Waals surface area contributed by atoms with Gasteiger partial charge in [-0.1, -0.05) is 53.0 Å². The van der Waals surface area contributed by atoms with E-state index < -0.39 is 0 Å². The number of allylic oxidation sites excluding steroid dienone is 1. The van der Waals surface area contributed by atoms with Gasteiger partial charge in [-0.2, -0.15) is 0 Å². The molecule has 0 N–H and O–H groups in total. The number of hydrogen-bond donors (Lipinski definition) is 0. The van der Waals surface area contributed by atoms with Crippen LogP contribution in [0.1, 0.15) is 27.0 Å². The molecule has 3 aromatic carbocycles. The number of ether oxygens (including phenoxy) is 2. The van der Waals surface area contributed by atoms with E-state index in [1.165, 1.54) is 5.56 Å². The van der Waals surface area contributed by atoms with Crippen molar-refractivity contribution in [3.63, 3.8) is 0 Å². The average Bonchev–Trinajstić information content (AvgIpc) is 3.11. The number of hydrogen-bond acceptors (Lipinski definition) is 4. The normalized spacial score (nSPS) is 16.5. The highest BCUT2D eigenvalue weighted by Gasteiger charge is 2.33. The van der Waals surface area contributed by atoms with Crippen molar-refractivity contribution >= 4 is 46.7 Å². The summed E-state index contributed by atoms with van der Waals surface area (Å²) in [6.07, 6.45) is 2.51. The van der Waals surface area contributed by atoms with Crippen LogP contribution in [0.4, 0.5) is 0 Å². The second-order valence-electron chi connectivity index (χ2n) is 7.73. The molecule has 0 saturated carbocycles. The third kappa shape index (κ3) is 4.24. The molecule has 0 atom stereocenters. The van der Waals surface area contributed by atoms with Crippen LogP contribution < -0.4 is 9.47 Å². The Morgan fingerprint density at radius 3 is 2.53 bits per heavy atom. The maximum Gasteiger partial charge on any atom is 0.231 e. The van der Waals surface area contributed by atoms with E-state index in [2.05, 4.69) is 4.90 Å². The van der Waals surface area contributed by atoms with Crippen molar-refractivity contribution < 1.29 is 14.3 Å². The monoisotopic (exact) mass is 485 g/mol. The third-order valence-electron chi connectivity index (χ3n) is 5.56. The Morgan fingerprint density at radius 1 is 0.969 bits per heavy atom. The number of benzene rings is 3. The molecule has 3 aromatic rings. The minimum atomic E-state index is -0.174. The van der Waals surface area contributed by atoms with Crippen molar-refractivity contribution in [2.24, 2.45) is 0 Å². The van der Waals surface area contributed by atoms with Gasteiger partial charge in [0.15, 0.2) is 5.76 Å². The highest BCUT2D eigenvalue weighted by molar-refractivity contribution is 6.35. The maximum absolute atomic E-state index is 13.0. The van der Waals surface area contributed by atoms with Crippen molar-refractivity contribution in [1.29, 1.82) is 0 Å². The van der Waals surface area contributed by atoms with Gasteiger partial charge in [0.2, 0.25) is 5.78 Å². The SMILES string of the molecule is O=C1/C(=C/c2ccc(Cl)cc2Cl)Oc2c1ccc1c2CN(CCc2ccc(Cl)cc2)CO1. The van der Waals surface area contributed by atoms with E-state index in [1.54, 1.807) is 30.3 Å². The lowest BCUT2D eigenvalue weighted by Gasteiger charge is -2.29. The van der Waals surface area contributed by atoms with Gasteiger partial charge in [-0.3, -0.25) is 9.69 Å². The van der Waals surface area contributed by atoms with E-state index in [1.807, 2.05) is 30.3 Å². The molecule has 0 radical (unpaired) electrons. The summed E-state index contributed by atoms with van der Waals surface area (Å²) in [6.45, 7) is 1.92. The lowest BCUT2D eigenvalue weighted by atomic mass is 10.0. The maximum atomic E-state index is 13.0. The van der Waals surface area contributed by atoms with Gasteiger partial charge in [-0.25, -0.2) is 0 Å². The van der Waals surface area contributed by atoms with Gasteiger partial charge in [-0.05, 0) is 60.0 Å². The molecule has 32 heavy (non-hydrogen) atoms. The standard InChI is InChI=1S/C25H18Cl3NO3/c26-17-4-1-15(2-5-17)9-10-29-13-20-22(31-14-29)8-7-19-24(30)23(32-25(19)20)11-16-3-6-18(27)12-21(16)28/h1-8,11-12H,9-10,13-14H2/b23-11-. The van der Waals surface area contributed by atoms with Crippen LogP contribution in [0.15, 0.2) is 60.4 Å². The lowest BCUT2D eigenvalue weighted by molar-refractivity contribution is 0.0950. The number of carbonyl (C=O) groups excluding carboxylic acids is 1. The van der Waals surface area contributed by atoms with Gasteiger partial charge in [-0.15, -0.1) is 0 Å². The molecule has 0 amide bonds. The van der Waals surface area contributed by atoms with Crippen LogP contribution in [0.2, 0.25) is 15.1 Å². The Balaban J connectivity index is 1.36. The predicted octanol–water partition coefficient (Wildman–Crippen LogP) is 6.66. The van der Waals surface area contributed by atoms with Gasteiger partial charge in [0, 0.05) is 28.2 Å². The van der Waals surface area contributed by atoms with Crippen LogP contribution in [0.25, 0.3) is 6.08 Å². The molecule has 0 aliphatic carbocycles. The Hall–Kier alpha value is -2.50. The number of nitrogens with zero attached hydrogens (tertiary/aromatic N) is 1. The van der Waals surface area contributed by atoms with Crippen molar-refractivity contribution in [3.8, 4) is 11.5 Å². The summed E-state index contributed by atoms with van der Waals surface area (Å²) in [6, 6.07) is 16.6. The second kappa shape index (κ2) is 8.80. The summed E-state index contributed by atoms with van der Waals surface area (Å²) in [5.74, 6) is 1.35. The first-order valence-corrected chi connectivity index (χ1v) is 11.3.